The number of phenolic OH excluding ortho intramolecular Hbond substituents is 2. The minimum absolute atomic E-state index is 0.0241. The van der Waals surface area contributed by atoms with Crippen LogP contribution in [0.25, 0.3) is 0 Å². The average molecular weight is 214 g/mol. The SMILES string of the molecule is Cc1cccc(Cc2cccc(O)c2O)c1. The quantitative estimate of drug-likeness (QED) is 0.754. The van der Waals surface area contributed by atoms with E-state index in [1.807, 2.05) is 31.2 Å². The molecule has 0 atom stereocenters. The van der Waals surface area contributed by atoms with E-state index in [-0.39, 0.29) is 11.5 Å². The molecule has 0 bridgehead atoms. The van der Waals surface area contributed by atoms with Crippen molar-refractivity contribution in [2.75, 3.05) is 0 Å². The molecule has 0 aliphatic heterocycles. The van der Waals surface area contributed by atoms with E-state index in [9.17, 15) is 10.2 Å². The Kier molecular flexibility index (Phi) is 2.82. The lowest BCUT2D eigenvalue weighted by atomic mass is 10.0. The van der Waals surface area contributed by atoms with Crippen molar-refractivity contribution in [1.82, 2.24) is 0 Å². The first-order valence-electron chi connectivity index (χ1n) is 5.22. The molecule has 2 N–H and O–H groups in total. The van der Waals surface area contributed by atoms with Gasteiger partial charge < -0.3 is 10.2 Å². The summed E-state index contributed by atoms with van der Waals surface area (Å²) in [5.41, 5.74) is 3.06. The second-order valence-electron chi connectivity index (χ2n) is 3.95. The molecule has 2 rings (SSSR count). The Morgan fingerprint density at radius 3 is 2.50 bits per heavy atom. The van der Waals surface area contributed by atoms with Gasteiger partial charge in [-0.3, -0.25) is 0 Å². The van der Waals surface area contributed by atoms with Gasteiger partial charge in [0, 0.05) is 12.0 Å². The summed E-state index contributed by atoms with van der Waals surface area (Å²) < 4.78 is 0. The molecule has 0 unspecified atom stereocenters. The molecule has 2 aromatic rings. The van der Waals surface area contributed by atoms with Crippen LogP contribution in [-0.2, 0) is 6.42 Å². The zero-order valence-corrected chi connectivity index (χ0v) is 9.14. The van der Waals surface area contributed by atoms with Crippen LogP contribution in [0.4, 0.5) is 0 Å². The van der Waals surface area contributed by atoms with Gasteiger partial charge in [0.15, 0.2) is 11.5 Å². The summed E-state index contributed by atoms with van der Waals surface area (Å²) in [6.45, 7) is 2.03. The Hall–Kier alpha value is -1.96. The highest BCUT2D eigenvalue weighted by atomic mass is 16.3. The number of aryl methyl sites for hydroxylation is 1. The third-order valence-electron chi connectivity index (χ3n) is 2.58. The lowest BCUT2D eigenvalue weighted by Gasteiger charge is -2.06. The molecular formula is C14H14O2. The lowest BCUT2D eigenvalue weighted by Crippen LogP contribution is -1.89. The summed E-state index contributed by atoms with van der Waals surface area (Å²) in [6.07, 6.45) is 0.627. The highest BCUT2D eigenvalue weighted by Gasteiger charge is 2.06. The number of hydrogen-bond donors (Lipinski definition) is 2. The van der Waals surface area contributed by atoms with Crippen LogP contribution in [0.15, 0.2) is 42.5 Å². The van der Waals surface area contributed by atoms with E-state index in [2.05, 4.69) is 6.07 Å². The molecule has 0 heterocycles. The van der Waals surface area contributed by atoms with Gasteiger partial charge in [0.2, 0.25) is 0 Å². The highest BCUT2D eigenvalue weighted by Crippen LogP contribution is 2.29. The van der Waals surface area contributed by atoms with Crippen LogP contribution in [0.2, 0.25) is 0 Å². The number of phenols is 2. The fourth-order valence-corrected chi connectivity index (χ4v) is 1.76. The molecule has 0 spiro atoms. The first-order valence-corrected chi connectivity index (χ1v) is 5.22. The van der Waals surface area contributed by atoms with Crippen LogP contribution in [-0.4, -0.2) is 10.2 Å². The van der Waals surface area contributed by atoms with Crippen molar-refractivity contribution < 1.29 is 10.2 Å². The Bertz CT molecular complexity index is 504. The van der Waals surface area contributed by atoms with E-state index < -0.39 is 0 Å². The molecule has 82 valence electrons. The lowest BCUT2D eigenvalue weighted by molar-refractivity contribution is 0.400. The first kappa shape index (κ1) is 10.6. The molecule has 16 heavy (non-hydrogen) atoms. The van der Waals surface area contributed by atoms with Gasteiger partial charge in [-0.1, -0.05) is 42.0 Å². The Morgan fingerprint density at radius 1 is 1.00 bits per heavy atom. The van der Waals surface area contributed by atoms with Crippen LogP contribution in [0.5, 0.6) is 11.5 Å². The van der Waals surface area contributed by atoms with Crippen molar-refractivity contribution >= 4 is 0 Å². The van der Waals surface area contributed by atoms with Gasteiger partial charge in [-0.2, -0.15) is 0 Å². The highest BCUT2D eigenvalue weighted by molar-refractivity contribution is 5.46. The molecule has 2 nitrogen and oxygen atoms in total. The fraction of sp³-hybridized carbons (Fsp3) is 0.143. The largest absolute Gasteiger partial charge is 0.504 e. The molecular weight excluding hydrogens is 200 g/mol. The van der Waals surface area contributed by atoms with Crippen LogP contribution < -0.4 is 0 Å². The topological polar surface area (TPSA) is 40.5 Å². The Morgan fingerprint density at radius 2 is 1.75 bits per heavy atom. The van der Waals surface area contributed by atoms with Gasteiger partial charge in [0.05, 0.1) is 0 Å². The molecule has 0 aliphatic carbocycles. The van der Waals surface area contributed by atoms with Crippen LogP contribution in [0, 0.1) is 6.92 Å². The Labute approximate surface area is 94.8 Å². The van der Waals surface area contributed by atoms with Gasteiger partial charge in [-0.05, 0) is 18.6 Å². The van der Waals surface area contributed by atoms with E-state index in [4.69, 9.17) is 0 Å². The van der Waals surface area contributed by atoms with Crippen molar-refractivity contribution in [3.63, 3.8) is 0 Å². The van der Waals surface area contributed by atoms with E-state index in [0.717, 1.165) is 11.1 Å². The van der Waals surface area contributed by atoms with Gasteiger partial charge in [-0.25, -0.2) is 0 Å². The molecule has 0 fully saturated rings. The van der Waals surface area contributed by atoms with Gasteiger partial charge >= 0.3 is 0 Å². The molecule has 0 saturated carbocycles. The predicted octanol–water partition coefficient (Wildman–Crippen LogP) is 3.00. The Balaban J connectivity index is 2.31. The number of para-hydroxylation sites is 1. The first-order chi connectivity index (χ1) is 7.66. The van der Waals surface area contributed by atoms with Crippen LogP contribution in [0.3, 0.4) is 0 Å². The van der Waals surface area contributed by atoms with Gasteiger partial charge in [0.25, 0.3) is 0 Å². The van der Waals surface area contributed by atoms with Crippen molar-refractivity contribution in [3.8, 4) is 11.5 Å². The van der Waals surface area contributed by atoms with E-state index in [0.29, 0.717) is 6.42 Å². The van der Waals surface area contributed by atoms with Crippen LogP contribution >= 0.6 is 0 Å². The summed E-state index contributed by atoms with van der Waals surface area (Å²) in [7, 11) is 0. The maximum Gasteiger partial charge on any atom is 0.161 e. The molecule has 2 aromatic carbocycles. The third kappa shape index (κ3) is 2.16. The second kappa shape index (κ2) is 4.27. The summed E-state index contributed by atoms with van der Waals surface area (Å²) in [4.78, 5) is 0. The summed E-state index contributed by atoms with van der Waals surface area (Å²) >= 11 is 0. The van der Waals surface area contributed by atoms with Crippen molar-refractivity contribution in [1.29, 1.82) is 0 Å². The average Bonchev–Trinajstić information content (AvgIpc) is 2.25. The third-order valence-corrected chi connectivity index (χ3v) is 2.58. The minimum atomic E-state index is -0.0647. The normalized spacial score (nSPS) is 10.3. The molecule has 0 radical (unpaired) electrons. The maximum absolute atomic E-state index is 9.68. The molecule has 0 saturated heterocycles. The summed E-state index contributed by atoms with van der Waals surface area (Å²) in [5, 5.41) is 19.1. The van der Waals surface area contributed by atoms with E-state index >= 15 is 0 Å². The fourth-order valence-electron chi connectivity index (χ4n) is 1.76. The zero-order valence-electron chi connectivity index (χ0n) is 9.14. The minimum Gasteiger partial charge on any atom is -0.504 e. The van der Waals surface area contributed by atoms with E-state index in [1.165, 1.54) is 11.6 Å². The van der Waals surface area contributed by atoms with Crippen LogP contribution in [0.1, 0.15) is 16.7 Å². The number of aromatic hydroxyl groups is 2. The van der Waals surface area contributed by atoms with Crippen molar-refractivity contribution in [2.24, 2.45) is 0 Å². The maximum atomic E-state index is 9.68. The van der Waals surface area contributed by atoms with Gasteiger partial charge in [-0.15, -0.1) is 0 Å². The molecule has 0 aromatic heterocycles. The number of benzene rings is 2. The number of hydrogen-bond acceptors (Lipinski definition) is 2. The standard InChI is InChI=1S/C14H14O2/c1-10-4-2-5-11(8-10)9-12-6-3-7-13(15)14(12)16/h2-8,15-16H,9H2,1H3. The monoisotopic (exact) mass is 214 g/mol. The van der Waals surface area contributed by atoms with Crippen molar-refractivity contribution in [2.45, 2.75) is 13.3 Å². The van der Waals surface area contributed by atoms with Crippen molar-refractivity contribution in [3.05, 3.63) is 59.2 Å². The zero-order chi connectivity index (χ0) is 11.5. The van der Waals surface area contributed by atoms with Gasteiger partial charge in [0.1, 0.15) is 0 Å². The molecule has 0 amide bonds. The molecule has 2 heteroatoms. The van der Waals surface area contributed by atoms with E-state index in [1.54, 1.807) is 6.07 Å². The number of rotatable bonds is 2. The summed E-state index contributed by atoms with van der Waals surface area (Å²) in [5.74, 6) is -0.0887. The smallest absolute Gasteiger partial charge is 0.161 e. The predicted molar refractivity (Wildman–Crippen MR) is 63.8 cm³/mol. The summed E-state index contributed by atoms with van der Waals surface area (Å²) in [6, 6.07) is 13.1. The molecule has 0 aliphatic rings. The second-order valence-corrected chi connectivity index (χ2v) is 3.95.